The molecule has 0 aromatic heterocycles. The van der Waals surface area contributed by atoms with Gasteiger partial charge in [-0.3, -0.25) is 9.69 Å². The predicted molar refractivity (Wildman–Crippen MR) is 84.7 cm³/mol. The van der Waals surface area contributed by atoms with E-state index in [0.717, 1.165) is 52.0 Å². The van der Waals surface area contributed by atoms with Gasteiger partial charge in [0.2, 0.25) is 5.91 Å². The van der Waals surface area contributed by atoms with Crippen molar-refractivity contribution in [1.29, 1.82) is 0 Å². The Morgan fingerprint density at radius 3 is 2.50 bits per heavy atom. The molecule has 6 heteroatoms. The number of carbonyl (C=O) groups is 1. The van der Waals surface area contributed by atoms with Gasteiger partial charge in [0.25, 0.3) is 0 Å². The van der Waals surface area contributed by atoms with Crippen LogP contribution in [0, 0.1) is 0 Å². The van der Waals surface area contributed by atoms with E-state index in [9.17, 15) is 4.79 Å². The molecule has 1 amide bonds. The van der Waals surface area contributed by atoms with Crippen LogP contribution in [0.2, 0.25) is 0 Å². The van der Waals surface area contributed by atoms with Gasteiger partial charge in [-0.2, -0.15) is 0 Å². The topological polar surface area (TPSA) is 61.6 Å². The molecule has 5 nitrogen and oxygen atoms in total. The molecule has 1 aliphatic carbocycles. The first-order valence-electron chi connectivity index (χ1n) is 7.65. The van der Waals surface area contributed by atoms with Crippen LogP contribution < -0.4 is 11.1 Å². The quantitative estimate of drug-likeness (QED) is 0.664. The lowest BCUT2D eigenvalue weighted by molar-refractivity contribution is -0.121. The molecule has 2 aliphatic rings. The summed E-state index contributed by atoms with van der Waals surface area (Å²) in [6, 6.07) is 0.695. The molecule has 3 N–H and O–H groups in total. The minimum atomic E-state index is 0.199. The molecule has 0 radical (unpaired) electrons. The van der Waals surface area contributed by atoms with E-state index in [4.69, 9.17) is 18.0 Å². The molecule has 0 aromatic rings. The van der Waals surface area contributed by atoms with Gasteiger partial charge in [0.1, 0.15) is 0 Å². The standard InChI is InChI=1S/C14H26N4OS/c1-2-12(14(15)20)18-9-7-17(8-10-18)6-5-13(19)16-11-3-4-11/h11-12H,2-10H2,1H3,(H2,15,20)(H,16,19). The number of nitrogens with zero attached hydrogens (tertiary/aromatic N) is 2. The van der Waals surface area contributed by atoms with E-state index in [1.54, 1.807) is 0 Å². The zero-order chi connectivity index (χ0) is 14.5. The van der Waals surface area contributed by atoms with E-state index in [-0.39, 0.29) is 11.9 Å². The van der Waals surface area contributed by atoms with E-state index >= 15 is 0 Å². The highest BCUT2D eigenvalue weighted by Gasteiger charge is 2.26. The van der Waals surface area contributed by atoms with Crippen molar-refractivity contribution in [3.63, 3.8) is 0 Å². The Bertz CT molecular complexity index is 351. The maximum atomic E-state index is 11.7. The molecule has 1 unspecified atom stereocenters. The molecule has 1 aliphatic heterocycles. The van der Waals surface area contributed by atoms with E-state index in [0.29, 0.717) is 17.5 Å². The average molecular weight is 298 g/mol. The lowest BCUT2D eigenvalue weighted by atomic mass is 10.1. The van der Waals surface area contributed by atoms with E-state index in [1.807, 2.05) is 0 Å². The second-order valence-electron chi connectivity index (χ2n) is 5.80. The number of nitrogens with one attached hydrogen (secondary N) is 1. The molecule has 1 saturated carbocycles. The fraction of sp³-hybridized carbons (Fsp3) is 0.857. The number of hydrogen-bond acceptors (Lipinski definition) is 4. The third-order valence-electron chi connectivity index (χ3n) is 4.16. The molecular weight excluding hydrogens is 272 g/mol. The summed E-state index contributed by atoms with van der Waals surface area (Å²) in [5.74, 6) is 0.199. The van der Waals surface area contributed by atoms with Crippen LogP contribution in [0.1, 0.15) is 32.6 Å². The first-order chi connectivity index (χ1) is 9.60. The van der Waals surface area contributed by atoms with Gasteiger partial charge in [-0.05, 0) is 19.3 Å². The van der Waals surface area contributed by atoms with Gasteiger partial charge >= 0.3 is 0 Å². The third-order valence-corrected chi connectivity index (χ3v) is 4.43. The van der Waals surface area contributed by atoms with Crippen LogP contribution in [-0.2, 0) is 4.79 Å². The Hall–Kier alpha value is -0.720. The van der Waals surface area contributed by atoms with Gasteiger partial charge in [-0.1, -0.05) is 19.1 Å². The summed E-state index contributed by atoms with van der Waals surface area (Å²) in [5, 5.41) is 3.03. The number of thiocarbonyl (C=S) groups is 1. The van der Waals surface area contributed by atoms with Gasteiger partial charge in [0, 0.05) is 45.2 Å². The maximum Gasteiger partial charge on any atom is 0.221 e. The Labute approximate surface area is 126 Å². The minimum Gasteiger partial charge on any atom is -0.392 e. The number of amides is 1. The largest absolute Gasteiger partial charge is 0.392 e. The number of rotatable bonds is 7. The summed E-state index contributed by atoms with van der Waals surface area (Å²) in [4.78, 5) is 17.0. The van der Waals surface area contributed by atoms with Crippen molar-refractivity contribution < 1.29 is 4.79 Å². The molecule has 20 heavy (non-hydrogen) atoms. The molecule has 2 fully saturated rings. The van der Waals surface area contributed by atoms with Crippen molar-refractivity contribution in [2.45, 2.75) is 44.7 Å². The third kappa shape index (κ3) is 4.68. The van der Waals surface area contributed by atoms with Crippen LogP contribution in [-0.4, -0.2) is 65.5 Å². The lowest BCUT2D eigenvalue weighted by Crippen LogP contribution is -2.53. The molecular formula is C14H26N4OS. The van der Waals surface area contributed by atoms with Crippen molar-refractivity contribution in [2.24, 2.45) is 5.73 Å². The summed E-state index contributed by atoms with van der Waals surface area (Å²) in [6.07, 6.45) is 3.89. The molecule has 1 saturated heterocycles. The van der Waals surface area contributed by atoms with Gasteiger partial charge in [-0.15, -0.1) is 0 Å². The van der Waals surface area contributed by atoms with Crippen LogP contribution >= 0.6 is 12.2 Å². The maximum absolute atomic E-state index is 11.7. The molecule has 114 valence electrons. The lowest BCUT2D eigenvalue weighted by Gasteiger charge is -2.38. The number of nitrogens with two attached hydrogens (primary N) is 1. The zero-order valence-corrected chi connectivity index (χ0v) is 13.1. The molecule has 0 spiro atoms. The van der Waals surface area contributed by atoms with E-state index in [2.05, 4.69) is 22.0 Å². The van der Waals surface area contributed by atoms with Crippen molar-refractivity contribution in [1.82, 2.24) is 15.1 Å². The molecule has 1 atom stereocenters. The van der Waals surface area contributed by atoms with Crippen LogP contribution in [0.5, 0.6) is 0 Å². The van der Waals surface area contributed by atoms with Crippen LogP contribution in [0.4, 0.5) is 0 Å². The summed E-state index contributed by atoms with van der Waals surface area (Å²) in [5.41, 5.74) is 5.79. The van der Waals surface area contributed by atoms with E-state index < -0.39 is 0 Å². The molecule has 0 aromatic carbocycles. The highest BCUT2D eigenvalue weighted by Crippen LogP contribution is 2.18. The Morgan fingerprint density at radius 1 is 1.35 bits per heavy atom. The first-order valence-corrected chi connectivity index (χ1v) is 8.06. The Morgan fingerprint density at radius 2 is 2.00 bits per heavy atom. The smallest absolute Gasteiger partial charge is 0.221 e. The molecule has 2 rings (SSSR count). The second kappa shape index (κ2) is 7.33. The number of hydrogen-bond donors (Lipinski definition) is 2. The van der Waals surface area contributed by atoms with Gasteiger partial charge in [0.05, 0.1) is 11.0 Å². The highest BCUT2D eigenvalue weighted by atomic mass is 32.1. The van der Waals surface area contributed by atoms with Crippen molar-refractivity contribution >= 4 is 23.1 Å². The zero-order valence-electron chi connectivity index (χ0n) is 12.3. The number of carbonyl (C=O) groups excluding carboxylic acids is 1. The van der Waals surface area contributed by atoms with Crippen LogP contribution in [0.15, 0.2) is 0 Å². The SMILES string of the molecule is CCC(C(N)=S)N1CCN(CCC(=O)NC2CC2)CC1. The minimum absolute atomic E-state index is 0.199. The summed E-state index contributed by atoms with van der Waals surface area (Å²) >= 11 is 5.13. The molecule has 1 heterocycles. The van der Waals surface area contributed by atoms with Crippen molar-refractivity contribution in [2.75, 3.05) is 32.7 Å². The normalized spacial score (nSPS) is 22.4. The monoisotopic (exact) mass is 298 g/mol. The Balaban J connectivity index is 1.65. The highest BCUT2D eigenvalue weighted by molar-refractivity contribution is 7.80. The van der Waals surface area contributed by atoms with Crippen LogP contribution in [0.25, 0.3) is 0 Å². The second-order valence-corrected chi connectivity index (χ2v) is 6.27. The summed E-state index contributed by atoms with van der Waals surface area (Å²) in [6.45, 7) is 6.94. The van der Waals surface area contributed by atoms with Gasteiger partial charge < -0.3 is 16.0 Å². The molecule has 0 bridgehead atoms. The fourth-order valence-corrected chi connectivity index (χ4v) is 3.04. The fourth-order valence-electron chi connectivity index (χ4n) is 2.73. The van der Waals surface area contributed by atoms with E-state index in [1.165, 1.54) is 0 Å². The first kappa shape index (κ1) is 15.7. The van der Waals surface area contributed by atoms with Crippen LogP contribution in [0.3, 0.4) is 0 Å². The predicted octanol–water partition coefficient (Wildman–Crippen LogP) is 0.337. The average Bonchev–Trinajstić information content (AvgIpc) is 3.22. The van der Waals surface area contributed by atoms with Gasteiger partial charge in [-0.25, -0.2) is 0 Å². The van der Waals surface area contributed by atoms with Crippen molar-refractivity contribution in [3.05, 3.63) is 0 Å². The number of piperazine rings is 1. The summed E-state index contributed by atoms with van der Waals surface area (Å²) < 4.78 is 0. The summed E-state index contributed by atoms with van der Waals surface area (Å²) in [7, 11) is 0. The van der Waals surface area contributed by atoms with Crippen molar-refractivity contribution in [3.8, 4) is 0 Å². The Kier molecular flexibility index (Phi) is 5.74. The van der Waals surface area contributed by atoms with Gasteiger partial charge in [0.15, 0.2) is 0 Å².